The van der Waals surface area contributed by atoms with Gasteiger partial charge in [0.25, 0.3) is 0 Å². The monoisotopic (exact) mass is 274 g/mol. The first kappa shape index (κ1) is 15.0. The van der Waals surface area contributed by atoms with Crippen molar-refractivity contribution in [3.8, 4) is 0 Å². The van der Waals surface area contributed by atoms with Crippen molar-refractivity contribution in [2.75, 3.05) is 6.54 Å². The lowest BCUT2D eigenvalue weighted by atomic mass is 9.75. The van der Waals surface area contributed by atoms with Gasteiger partial charge in [0.05, 0.1) is 0 Å². The first-order valence-electron chi connectivity index (χ1n) is 7.65. The van der Waals surface area contributed by atoms with Gasteiger partial charge in [-0.2, -0.15) is 0 Å². The van der Waals surface area contributed by atoms with E-state index in [9.17, 15) is 4.79 Å². The smallest absolute Gasteiger partial charge is 0.224 e. The average Bonchev–Trinajstić information content (AvgIpc) is 2.39. The van der Waals surface area contributed by atoms with Crippen molar-refractivity contribution in [3.05, 3.63) is 35.4 Å². The van der Waals surface area contributed by atoms with Crippen molar-refractivity contribution in [1.29, 1.82) is 0 Å². The summed E-state index contributed by atoms with van der Waals surface area (Å²) in [5, 5.41) is 0. The van der Waals surface area contributed by atoms with Crippen LogP contribution in [-0.4, -0.2) is 22.9 Å². The lowest BCUT2D eigenvalue weighted by molar-refractivity contribution is -0.134. The second-order valence-corrected chi connectivity index (χ2v) is 6.19. The Labute approximate surface area is 122 Å². The molecule has 2 rings (SSSR count). The van der Waals surface area contributed by atoms with E-state index in [0.717, 1.165) is 32.2 Å². The molecule has 3 heteroatoms. The molecule has 0 atom stereocenters. The van der Waals surface area contributed by atoms with Gasteiger partial charge >= 0.3 is 0 Å². The summed E-state index contributed by atoms with van der Waals surface area (Å²) < 4.78 is 0. The molecule has 0 bridgehead atoms. The quantitative estimate of drug-likeness (QED) is 0.866. The molecule has 0 unspecified atom stereocenters. The summed E-state index contributed by atoms with van der Waals surface area (Å²) in [7, 11) is 0. The first-order valence-corrected chi connectivity index (χ1v) is 7.65. The van der Waals surface area contributed by atoms with Crippen molar-refractivity contribution < 1.29 is 4.79 Å². The minimum atomic E-state index is -0.226. The molecule has 3 nitrogen and oxygen atoms in total. The van der Waals surface area contributed by atoms with Gasteiger partial charge < -0.3 is 10.6 Å². The highest BCUT2D eigenvalue weighted by molar-refractivity contribution is 5.77. The zero-order valence-corrected chi connectivity index (χ0v) is 12.7. The number of amides is 1. The van der Waals surface area contributed by atoms with Gasteiger partial charge in [0.1, 0.15) is 0 Å². The van der Waals surface area contributed by atoms with E-state index in [1.165, 1.54) is 11.1 Å². The van der Waals surface area contributed by atoms with Crippen LogP contribution in [0.4, 0.5) is 0 Å². The number of carbonyl (C=O) groups is 1. The summed E-state index contributed by atoms with van der Waals surface area (Å²) in [4.78, 5) is 14.4. The van der Waals surface area contributed by atoms with Crippen LogP contribution in [0.5, 0.6) is 0 Å². The summed E-state index contributed by atoms with van der Waals surface area (Å²) in [5.74, 6) is 0.203. The summed E-state index contributed by atoms with van der Waals surface area (Å²) in [5.41, 5.74) is 8.42. The van der Waals surface area contributed by atoms with E-state index in [4.69, 9.17) is 5.73 Å². The lowest BCUT2D eigenvalue weighted by Gasteiger charge is -2.39. The molecule has 0 spiro atoms. The van der Waals surface area contributed by atoms with Crippen molar-refractivity contribution in [2.24, 2.45) is 5.73 Å². The van der Waals surface area contributed by atoms with E-state index in [2.05, 4.69) is 38.1 Å². The Morgan fingerprint density at radius 1 is 1.30 bits per heavy atom. The van der Waals surface area contributed by atoms with Gasteiger partial charge in [0, 0.05) is 25.0 Å². The number of carbonyl (C=O) groups excluding carboxylic acids is 1. The van der Waals surface area contributed by atoms with Gasteiger partial charge in [-0.25, -0.2) is 0 Å². The molecule has 0 heterocycles. The third kappa shape index (κ3) is 3.83. The largest absolute Gasteiger partial charge is 0.338 e. The Morgan fingerprint density at radius 2 is 1.95 bits per heavy atom. The number of hydrogen-bond donors (Lipinski definition) is 1. The van der Waals surface area contributed by atoms with Gasteiger partial charge in [0.15, 0.2) is 0 Å². The molecule has 1 amide bonds. The normalized spacial score (nSPS) is 16.6. The second kappa shape index (κ2) is 6.40. The number of nitrogens with two attached hydrogens (primary N) is 1. The molecule has 1 saturated carbocycles. The van der Waals surface area contributed by atoms with Crippen LogP contribution in [-0.2, 0) is 11.3 Å². The fourth-order valence-electron chi connectivity index (χ4n) is 2.70. The number of rotatable bonds is 6. The molecule has 0 aromatic heterocycles. The zero-order chi connectivity index (χ0) is 14.6. The summed E-state index contributed by atoms with van der Waals surface area (Å²) in [6, 6.07) is 8.40. The van der Waals surface area contributed by atoms with E-state index < -0.39 is 0 Å². The zero-order valence-electron chi connectivity index (χ0n) is 12.7. The van der Waals surface area contributed by atoms with Gasteiger partial charge in [-0.15, -0.1) is 0 Å². The van der Waals surface area contributed by atoms with Crippen molar-refractivity contribution in [2.45, 2.75) is 58.0 Å². The van der Waals surface area contributed by atoms with E-state index in [-0.39, 0.29) is 11.4 Å². The van der Waals surface area contributed by atoms with Crippen LogP contribution in [0.1, 0.15) is 50.2 Å². The van der Waals surface area contributed by atoms with Crippen LogP contribution in [0.3, 0.4) is 0 Å². The number of hydrogen-bond acceptors (Lipinski definition) is 2. The molecule has 1 fully saturated rings. The molecule has 1 aliphatic rings. The van der Waals surface area contributed by atoms with Crippen LogP contribution < -0.4 is 5.73 Å². The maximum Gasteiger partial charge on any atom is 0.224 e. The topological polar surface area (TPSA) is 46.3 Å². The number of aryl methyl sites for hydroxylation is 1. The lowest BCUT2D eigenvalue weighted by Crippen LogP contribution is -2.50. The highest BCUT2D eigenvalue weighted by Gasteiger charge is 2.35. The fraction of sp³-hybridized carbons (Fsp3) is 0.588. The molecular weight excluding hydrogens is 248 g/mol. The Morgan fingerprint density at radius 3 is 2.45 bits per heavy atom. The third-order valence-electron chi connectivity index (χ3n) is 4.19. The van der Waals surface area contributed by atoms with Gasteiger partial charge in [-0.1, -0.05) is 36.8 Å². The molecule has 1 aromatic rings. The summed E-state index contributed by atoms with van der Waals surface area (Å²) in [6.07, 6.45) is 4.62. The van der Waals surface area contributed by atoms with Crippen LogP contribution in [0.15, 0.2) is 24.3 Å². The molecule has 0 aliphatic heterocycles. The predicted octanol–water partition coefficient (Wildman–Crippen LogP) is 3.01. The molecule has 1 aliphatic carbocycles. The van der Waals surface area contributed by atoms with Crippen LogP contribution in [0, 0.1) is 6.92 Å². The minimum Gasteiger partial charge on any atom is -0.338 e. The fourth-order valence-corrected chi connectivity index (χ4v) is 2.70. The second-order valence-electron chi connectivity index (χ2n) is 6.19. The molecule has 1 aromatic carbocycles. The van der Waals surface area contributed by atoms with Crippen LogP contribution in [0.25, 0.3) is 0 Å². The Bertz CT molecular complexity index is 449. The van der Waals surface area contributed by atoms with Crippen LogP contribution in [0.2, 0.25) is 0 Å². The molecule has 0 saturated heterocycles. The van der Waals surface area contributed by atoms with Gasteiger partial charge in [-0.3, -0.25) is 4.79 Å². The van der Waals surface area contributed by atoms with Crippen molar-refractivity contribution in [3.63, 3.8) is 0 Å². The number of nitrogens with zero attached hydrogens (tertiary/aromatic N) is 1. The third-order valence-corrected chi connectivity index (χ3v) is 4.19. The average molecular weight is 274 g/mol. The molecular formula is C17H26N2O. The minimum absolute atomic E-state index is 0.203. The van der Waals surface area contributed by atoms with Crippen molar-refractivity contribution >= 4 is 5.91 Å². The van der Waals surface area contributed by atoms with E-state index in [1.54, 1.807) is 0 Å². The van der Waals surface area contributed by atoms with Gasteiger partial charge in [-0.05, 0) is 38.2 Å². The first-order chi connectivity index (χ1) is 9.52. The Kier molecular flexibility index (Phi) is 4.81. The Hall–Kier alpha value is -1.35. The van der Waals surface area contributed by atoms with Crippen molar-refractivity contribution in [1.82, 2.24) is 4.90 Å². The predicted molar refractivity (Wildman–Crippen MR) is 82.3 cm³/mol. The van der Waals surface area contributed by atoms with E-state index >= 15 is 0 Å². The molecule has 20 heavy (non-hydrogen) atoms. The maximum absolute atomic E-state index is 12.5. The number of benzene rings is 1. The van der Waals surface area contributed by atoms with E-state index in [0.29, 0.717) is 13.0 Å². The summed E-state index contributed by atoms with van der Waals surface area (Å²) >= 11 is 0. The van der Waals surface area contributed by atoms with Crippen LogP contribution >= 0.6 is 0 Å². The highest BCUT2D eigenvalue weighted by atomic mass is 16.2. The summed E-state index contributed by atoms with van der Waals surface area (Å²) in [6.45, 7) is 5.69. The van der Waals surface area contributed by atoms with E-state index in [1.807, 2.05) is 4.90 Å². The Balaban J connectivity index is 1.98. The SMILES string of the molecule is CCCN(Cc1ccc(C)cc1)C(=O)CC1(N)CCC1. The van der Waals surface area contributed by atoms with Gasteiger partial charge in [0.2, 0.25) is 5.91 Å². The maximum atomic E-state index is 12.5. The standard InChI is InChI=1S/C17H26N2O/c1-3-11-19(13-15-7-5-14(2)6-8-15)16(20)12-17(18)9-4-10-17/h5-8H,3-4,9-13,18H2,1-2H3. The highest BCUT2D eigenvalue weighted by Crippen LogP contribution is 2.32. The molecule has 110 valence electrons. The molecule has 0 radical (unpaired) electrons. The molecule has 2 N–H and O–H groups in total.